The van der Waals surface area contributed by atoms with Crippen LogP contribution in [-0.2, 0) is 17.1 Å². The predicted molar refractivity (Wildman–Crippen MR) is 226 cm³/mol. The molecule has 1 N–H and O–H groups in total. The van der Waals surface area contributed by atoms with E-state index in [1.165, 1.54) is 0 Å². The van der Waals surface area contributed by atoms with Crippen molar-refractivity contribution in [2.24, 2.45) is 0 Å². The third-order valence-electron chi connectivity index (χ3n) is 10.1. The summed E-state index contributed by atoms with van der Waals surface area (Å²) in [5.41, 5.74) is 14.0. The van der Waals surface area contributed by atoms with Gasteiger partial charge >= 0.3 is 17.1 Å². The molecule has 303 valence electrons. The molecule has 0 fully saturated rings. The van der Waals surface area contributed by atoms with Gasteiger partial charge in [0.25, 0.3) is 0 Å². The summed E-state index contributed by atoms with van der Waals surface area (Å²) in [5, 5.41) is 0. The standard InChI is InChI=1S/C48H38N4O4.3ClH.Fe/c1-53-39-18-5-30(6-19-39)45-43-26-15-36(51-43)28-35-12-11-33(49-35)27-34-13-14-37(50-34)29-44-46(31-7-20-40(54-2)21-8-31)47(32-9-22-41(55-3)23-10-32)48(45)52(44)38-16-24-42(56-4)25-17-38;;;;/h5-29,49H,1-4H3;3*1H;/q;;;;+3/p-3. The maximum absolute atomic E-state index is 5.65. The van der Waals surface area contributed by atoms with Gasteiger partial charge in [0, 0.05) is 33.4 Å². The number of fused-ring (bicyclic) bond motifs is 8. The maximum Gasteiger partial charge on any atom is 3.00 e. The molecule has 2 aliphatic rings. The van der Waals surface area contributed by atoms with Gasteiger partial charge in [-0.25, -0.2) is 9.97 Å². The minimum atomic E-state index is 0. The molecule has 9 rings (SSSR count). The van der Waals surface area contributed by atoms with Crippen molar-refractivity contribution in [1.82, 2.24) is 19.5 Å². The van der Waals surface area contributed by atoms with E-state index in [4.69, 9.17) is 28.9 Å². The molecular formula is C48H38Cl3FeN4O4. The van der Waals surface area contributed by atoms with Gasteiger partial charge in [0.2, 0.25) is 0 Å². The van der Waals surface area contributed by atoms with E-state index >= 15 is 0 Å². The van der Waals surface area contributed by atoms with E-state index in [-0.39, 0.29) is 54.3 Å². The molecular weight excluding hydrogens is 859 g/mol. The first kappa shape index (κ1) is 45.2. The summed E-state index contributed by atoms with van der Waals surface area (Å²) in [6.07, 6.45) is 8.28. The summed E-state index contributed by atoms with van der Waals surface area (Å²) in [6.45, 7) is 0. The Morgan fingerprint density at radius 1 is 0.433 bits per heavy atom. The third-order valence-corrected chi connectivity index (χ3v) is 10.1. The first-order chi connectivity index (χ1) is 27.5. The van der Waals surface area contributed by atoms with Gasteiger partial charge in [-0.15, -0.1) is 0 Å². The summed E-state index contributed by atoms with van der Waals surface area (Å²) < 4.78 is 24.9. The van der Waals surface area contributed by atoms with Gasteiger partial charge in [-0.1, -0.05) is 36.4 Å². The molecule has 7 aromatic rings. The second-order valence-electron chi connectivity index (χ2n) is 13.4. The number of halogens is 3. The topological polar surface area (TPSA) is 83.4 Å². The van der Waals surface area contributed by atoms with Crippen LogP contribution in [0.2, 0.25) is 0 Å². The predicted octanol–water partition coefficient (Wildman–Crippen LogP) is 2.16. The van der Waals surface area contributed by atoms with Gasteiger partial charge in [-0.3, -0.25) is 0 Å². The quantitative estimate of drug-likeness (QED) is 0.236. The smallest absolute Gasteiger partial charge is 1.00 e. The van der Waals surface area contributed by atoms with Gasteiger partial charge in [-0.05, 0) is 132 Å². The van der Waals surface area contributed by atoms with Crippen molar-refractivity contribution in [2.45, 2.75) is 0 Å². The first-order valence-corrected chi connectivity index (χ1v) is 18.3. The Kier molecular flexibility index (Phi) is 14.6. The number of benzene rings is 4. The Balaban J connectivity index is 0.00000171. The molecule has 2 aliphatic heterocycles. The second kappa shape index (κ2) is 19.4. The molecule has 0 atom stereocenters. The molecule has 60 heavy (non-hydrogen) atoms. The van der Waals surface area contributed by atoms with Crippen molar-refractivity contribution in [2.75, 3.05) is 28.4 Å². The van der Waals surface area contributed by atoms with Crippen molar-refractivity contribution >= 4 is 46.4 Å². The molecule has 5 heterocycles. The zero-order chi connectivity index (χ0) is 38.2. The normalized spacial score (nSPS) is 11.0. The third kappa shape index (κ3) is 8.68. The number of ether oxygens (including phenoxy) is 4. The van der Waals surface area contributed by atoms with Crippen LogP contribution in [0.15, 0.2) is 127 Å². The molecule has 4 aromatic carbocycles. The molecule has 0 saturated carbocycles. The molecule has 0 amide bonds. The van der Waals surface area contributed by atoms with Crippen LogP contribution in [-0.4, -0.2) is 48.0 Å². The van der Waals surface area contributed by atoms with Crippen LogP contribution in [0, 0.1) is 0 Å². The number of methoxy groups -OCH3 is 4. The van der Waals surface area contributed by atoms with E-state index in [0.717, 1.165) is 107 Å². The molecule has 8 nitrogen and oxygen atoms in total. The molecule has 0 saturated heterocycles. The Morgan fingerprint density at radius 3 is 1.32 bits per heavy atom. The number of nitrogens with zero attached hydrogens (tertiary/aromatic N) is 3. The Morgan fingerprint density at radius 2 is 0.833 bits per heavy atom. The Bertz CT molecular complexity index is 2840. The number of H-pyrrole nitrogens is 1. The van der Waals surface area contributed by atoms with Gasteiger partial charge in [0.05, 0.1) is 62.2 Å². The molecule has 12 heteroatoms. The largest absolute Gasteiger partial charge is 3.00 e. The molecule has 3 aromatic heterocycles. The van der Waals surface area contributed by atoms with Crippen LogP contribution in [0.25, 0.3) is 85.4 Å². The number of aromatic amines is 1. The average molecular weight is 897 g/mol. The molecule has 1 radical (unpaired) electrons. The van der Waals surface area contributed by atoms with Crippen LogP contribution >= 0.6 is 0 Å². The fourth-order valence-electron chi connectivity index (χ4n) is 7.43. The van der Waals surface area contributed by atoms with E-state index < -0.39 is 0 Å². The summed E-state index contributed by atoms with van der Waals surface area (Å²) in [4.78, 5) is 14.0. The Labute approximate surface area is 377 Å². The van der Waals surface area contributed by atoms with E-state index in [2.05, 4.69) is 107 Å². The number of hydrogen-bond acceptors (Lipinski definition) is 6. The van der Waals surface area contributed by atoms with Crippen LogP contribution in [0.1, 0.15) is 22.8 Å². The molecule has 0 aliphatic carbocycles. The number of aromatic nitrogens is 4. The number of nitrogens with one attached hydrogen (secondary N) is 1. The van der Waals surface area contributed by atoms with Crippen molar-refractivity contribution < 1.29 is 73.2 Å². The Hall–Kier alpha value is -5.93. The van der Waals surface area contributed by atoms with Crippen LogP contribution in [0.3, 0.4) is 0 Å². The van der Waals surface area contributed by atoms with Crippen molar-refractivity contribution in [1.29, 1.82) is 0 Å². The van der Waals surface area contributed by atoms with Crippen molar-refractivity contribution in [3.8, 4) is 62.1 Å². The second-order valence-corrected chi connectivity index (χ2v) is 13.4. The SMILES string of the molecule is COc1ccc(-c2c(-c3ccc(OC)cc3)c3c(-c4ccc(OC)cc4)c4nc(cc5ccc(cc6nc(cc2n3-c2ccc(OC)cc2)C=C6)[nH]5)C=C4)cc1.[Cl-].[Cl-].[Cl-].[Fe+3]. The summed E-state index contributed by atoms with van der Waals surface area (Å²) in [7, 11) is 6.74. The van der Waals surface area contributed by atoms with E-state index in [9.17, 15) is 0 Å². The van der Waals surface area contributed by atoms with Crippen molar-refractivity contribution in [3.05, 3.63) is 150 Å². The molecule has 0 unspecified atom stereocenters. The van der Waals surface area contributed by atoms with Gasteiger partial charge < -0.3 is 65.7 Å². The molecule has 8 bridgehead atoms. The van der Waals surface area contributed by atoms with Gasteiger partial charge in [-0.2, -0.15) is 0 Å². The van der Waals surface area contributed by atoms with E-state index in [0.29, 0.717) is 0 Å². The number of hydrogen-bond donors (Lipinski definition) is 1. The molecule has 0 spiro atoms. The summed E-state index contributed by atoms with van der Waals surface area (Å²) >= 11 is 0. The van der Waals surface area contributed by atoms with E-state index in [1.807, 2.05) is 54.6 Å². The summed E-state index contributed by atoms with van der Waals surface area (Å²) in [5.74, 6) is 3.06. The first-order valence-electron chi connectivity index (χ1n) is 18.3. The fourth-order valence-corrected chi connectivity index (χ4v) is 7.43. The van der Waals surface area contributed by atoms with Crippen LogP contribution in [0.4, 0.5) is 0 Å². The number of rotatable bonds is 8. The minimum absolute atomic E-state index is 0. The zero-order valence-corrected chi connectivity index (χ0v) is 36.3. The average Bonchev–Trinajstić information content (AvgIpc) is 4.06. The van der Waals surface area contributed by atoms with Gasteiger partial charge in [0.1, 0.15) is 23.0 Å². The van der Waals surface area contributed by atoms with Crippen molar-refractivity contribution in [3.63, 3.8) is 0 Å². The fraction of sp³-hybridized carbons (Fsp3) is 0.0833. The minimum Gasteiger partial charge on any atom is -1.00 e. The monoisotopic (exact) mass is 895 g/mol. The zero-order valence-electron chi connectivity index (χ0n) is 32.9. The van der Waals surface area contributed by atoms with E-state index in [1.54, 1.807) is 28.4 Å². The summed E-state index contributed by atoms with van der Waals surface area (Å²) in [6, 6.07) is 43.3. The maximum atomic E-state index is 5.65. The van der Waals surface area contributed by atoms with Crippen LogP contribution < -0.4 is 56.2 Å². The van der Waals surface area contributed by atoms with Crippen LogP contribution in [0.5, 0.6) is 23.0 Å². The van der Waals surface area contributed by atoms with Gasteiger partial charge in [0.15, 0.2) is 0 Å².